The number of aromatic nitrogens is 2. The SMILES string of the molecule is Cc1c(C(=O)N2CCC(C(=O)O)C2)cnn1C(C)(C)C. The summed E-state index contributed by atoms with van der Waals surface area (Å²) in [6.45, 7) is 8.73. The van der Waals surface area contributed by atoms with Gasteiger partial charge in [0, 0.05) is 18.8 Å². The van der Waals surface area contributed by atoms with Gasteiger partial charge in [-0.25, -0.2) is 0 Å². The van der Waals surface area contributed by atoms with Crippen LogP contribution in [-0.2, 0) is 10.3 Å². The lowest BCUT2D eigenvalue weighted by atomic mass is 10.1. The summed E-state index contributed by atoms with van der Waals surface area (Å²) in [6.07, 6.45) is 2.10. The minimum Gasteiger partial charge on any atom is -0.481 e. The Bertz CT molecular complexity index is 542. The molecule has 6 heteroatoms. The van der Waals surface area contributed by atoms with E-state index in [2.05, 4.69) is 5.10 Å². The molecule has 0 bridgehead atoms. The Labute approximate surface area is 118 Å². The summed E-state index contributed by atoms with van der Waals surface area (Å²) in [6, 6.07) is 0. The molecule has 2 heterocycles. The monoisotopic (exact) mass is 279 g/mol. The van der Waals surface area contributed by atoms with E-state index in [1.165, 1.54) is 0 Å². The molecule has 2 rings (SSSR count). The van der Waals surface area contributed by atoms with Crippen LogP contribution in [0.1, 0.15) is 43.2 Å². The number of amides is 1. The maximum absolute atomic E-state index is 12.5. The molecule has 20 heavy (non-hydrogen) atoms. The number of hydrogen-bond donors (Lipinski definition) is 1. The highest BCUT2D eigenvalue weighted by Gasteiger charge is 2.33. The van der Waals surface area contributed by atoms with Gasteiger partial charge in [-0.05, 0) is 34.1 Å². The molecular weight excluding hydrogens is 258 g/mol. The van der Waals surface area contributed by atoms with Crippen LogP contribution in [0.2, 0.25) is 0 Å². The van der Waals surface area contributed by atoms with Crippen molar-refractivity contribution < 1.29 is 14.7 Å². The summed E-state index contributed by atoms with van der Waals surface area (Å²) in [4.78, 5) is 25.0. The number of aliphatic carboxylic acids is 1. The Morgan fingerprint density at radius 2 is 2.05 bits per heavy atom. The molecule has 1 N–H and O–H groups in total. The van der Waals surface area contributed by atoms with Crippen molar-refractivity contribution in [2.45, 2.75) is 39.7 Å². The molecule has 1 saturated heterocycles. The number of carboxylic acids is 1. The maximum atomic E-state index is 12.5. The third-order valence-electron chi connectivity index (χ3n) is 3.70. The van der Waals surface area contributed by atoms with E-state index in [1.807, 2.05) is 32.4 Å². The number of carbonyl (C=O) groups excluding carboxylic acids is 1. The first-order chi connectivity index (χ1) is 9.21. The molecule has 0 aliphatic carbocycles. The van der Waals surface area contributed by atoms with Crippen molar-refractivity contribution in [3.63, 3.8) is 0 Å². The number of rotatable bonds is 2. The number of nitrogens with zero attached hydrogens (tertiary/aromatic N) is 3. The normalized spacial score (nSPS) is 19.4. The van der Waals surface area contributed by atoms with E-state index in [1.54, 1.807) is 11.1 Å². The van der Waals surface area contributed by atoms with Gasteiger partial charge < -0.3 is 10.0 Å². The molecular formula is C14H21N3O3. The topological polar surface area (TPSA) is 75.4 Å². The fourth-order valence-electron chi connectivity index (χ4n) is 2.61. The predicted octanol–water partition coefficient (Wildman–Crippen LogP) is 1.49. The molecule has 1 amide bonds. The zero-order valence-corrected chi connectivity index (χ0v) is 12.4. The Balaban J connectivity index is 2.19. The molecule has 1 aromatic rings. The van der Waals surface area contributed by atoms with Gasteiger partial charge in [-0.1, -0.05) is 0 Å². The summed E-state index contributed by atoms with van der Waals surface area (Å²) in [5.74, 6) is -1.40. The zero-order chi connectivity index (χ0) is 15.1. The van der Waals surface area contributed by atoms with Gasteiger partial charge in [0.05, 0.1) is 23.2 Å². The van der Waals surface area contributed by atoms with Gasteiger partial charge in [-0.2, -0.15) is 5.10 Å². The highest BCUT2D eigenvalue weighted by Crippen LogP contribution is 2.23. The summed E-state index contributed by atoms with van der Waals surface area (Å²) in [7, 11) is 0. The van der Waals surface area contributed by atoms with Crippen LogP contribution in [0.3, 0.4) is 0 Å². The molecule has 0 spiro atoms. The lowest BCUT2D eigenvalue weighted by Gasteiger charge is -2.22. The fourth-order valence-corrected chi connectivity index (χ4v) is 2.61. The van der Waals surface area contributed by atoms with Crippen molar-refractivity contribution in [3.8, 4) is 0 Å². The molecule has 0 aromatic carbocycles. The van der Waals surface area contributed by atoms with E-state index in [0.717, 1.165) is 5.69 Å². The Morgan fingerprint density at radius 3 is 2.50 bits per heavy atom. The van der Waals surface area contributed by atoms with Gasteiger partial charge in [-0.3, -0.25) is 14.3 Å². The summed E-state index contributed by atoms with van der Waals surface area (Å²) >= 11 is 0. The van der Waals surface area contributed by atoms with Crippen LogP contribution in [0.4, 0.5) is 0 Å². The third-order valence-corrected chi connectivity index (χ3v) is 3.70. The molecule has 1 atom stereocenters. The first-order valence-electron chi connectivity index (χ1n) is 6.79. The van der Waals surface area contributed by atoms with E-state index in [9.17, 15) is 9.59 Å². The zero-order valence-electron chi connectivity index (χ0n) is 12.4. The highest BCUT2D eigenvalue weighted by molar-refractivity contribution is 5.95. The van der Waals surface area contributed by atoms with Crippen molar-refractivity contribution in [2.24, 2.45) is 5.92 Å². The molecule has 0 saturated carbocycles. The average molecular weight is 279 g/mol. The van der Waals surface area contributed by atoms with E-state index in [0.29, 0.717) is 18.5 Å². The number of hydrogen-bond acceptors (Lipinski definition) is 3. The van der Waals surface area contributed by atoms with Crippen LogP contribution in [0, 0.1) is 12.8 Å². The van der Waals surface area contributed by atoms with Crippen LogP contribution in [0.5, 0.6) is 0 Å². The van der Waals surface area contributed by atoms with Crippen molar-refractivity contribution in [3.05, 3.63) is 17.5 Å². The van der Waals surface area contributed by atoms with Crippen LogP contribution in [0.15, 0.2) is 6.20 Å². The number of carboxylic acid groups (broad SMARTS) is 1. The van der Waals surface area contributed by atoms with Crippen LogP contribution < -0.4 is 0 Å². The molecule has 0 radical (unpaired) electrons. The fraction of sp³-hybridized carbons (Fsp3) is 0.643. The van der Waals surface area contributed by atoms with E-state index < -0.39 is 11.9 Å². The Kier molecular flexibility index (Phi) is 3.58. The van der Waals surface area contributed by atoms with Crippen LogP contribution in [0.25, 0.3) is 0 Å². The summed E-state index contributed by atoms with van der Waals surface area (Å²) in [5, 5.41) is 13.3. The largest absolute Gasteiger partial charge is 0.481 e. The van der Waals surface area contributed by atoms with Crippen molar-refractivity contribution in [1.82, 2.24) is 14.7 Å². The summed E-state index contributed by atoms with van der Waals surface area (Å²) < 4.78 is 1.82. The number of carbonyl (C=O) groups is 2. The second-order valence-electron chi connectivity index (χ2n) is 6.30. The first-order valence-corrected chi connectivity index (χ1v) is 6.79. The lowest BCUT2D eigenvalue weighted by molar-refractivity contribution is -0.141. The van der Waals surface area contributed by atoms with Gasteiger partial charge in [-0.15, -0.1) is 0 Å². The molecule has 1 aliphatic heterocycles. The van der Waals surface area contributed by atoms with Crippen LogP contribution in [-0.4, -0.2) is 44.8 Å². The van der Waals surface area contributed by atoms with Gasteiger partial charge in [0.25, 0.3) is 5.91 Å². The van der Waals surface area contributed by atoms with E-state index >= 15 is 0 Å². The number of likely N-dealkylation sites (tertiary alicyclic amines) is 1. The van der Waals surface area contributed by atoms with Crippen LogP contribution >= 0.6 is 0 Å². The maximum Gasteiger partial charge on any atom is 0.308 e. The molecule has 1 aliphatic rings. The molecule has 1 unspecified atom stereocenters. The van der Waals surface area contributed by atoms with Crippen molar-refractivity contribution in [2.75, 3.05) is 13.1 Å². The predicted molar refractivity (Wildman–Crippen MR) is 73.6 cm³/mol. The first kappa shape index (κ1) is 14.6. The molecule has 1 aromatic heterocycles. The van der Waals surface area contributed by atoms with Gasteiger partial charge in [0.2, 0.25) is 0 Å². The van der Waals surface area contributed by atoms with Gasteiger partial charge in [0.1, 0.15) is 0 Å². The molecule has 110 valence electrons. The molecule has 1 fully saturated rings. The lowest BCUT2D eigenvalue weighted by Crippen LogP contribution is -2.31. The highest BCUT2D eigenvalue weighted by atomic mass is 16.4. The average Bonchev–Trinajstić information content (AvgIpc) is 2.93. The second kappa shape index (κ2) is 4.92. The molecule has 6 nitrogen and oxygen atoms in total. The van der Waals surface area contributed by atoms with E-state index in [-0.39, 0.29) is 18.0 Å². The quantitative estimate of drug-likeness (QED) is 0.890. The Hall–Kier alpha value is -1.85. The van der Waals surface area contributed by atoms with Gasteiger partial charge >= 0.3 is 5.97 Å². The van der Waals surface area contributed by atoms with Crippen molar-refractivity contribution in [1.29, 1.82) is 0 Å². The minimum atomic E-state index is -0.831. The van der Waals surface area contributed by atoms with E-state index in [4.69, 9.17) is 5.11 Å². The Morgan fingerprint density at radius 1 is 1.40 bits per heavy atom. The van der Waals surface area contributed by atoms with Gasteiger partial charge in [0.15, 0.2) is 0 Å². The second-order valence-corrected chi connectivity index (χ2v) is 6.30. The standard InChI is InChI=1S/C14H21N3O3/c1-9-11(7-15-17(9)14(2,3)4)12(18)16-6-5-10(8-16)13(19)20/h7,10H,5-6,8H2,1-4H3,(H,19,20). The van der Waals surface area contributed by atoms with Crippen molar-refractivity contribution >= 4 is 11.9 Å². The minimum absolute atomic E-state index is 0.123. The third kappa shape index (κ3) is 2.55. The summed E-state index contributed by atoms with van der Waals surface area (Å²) in [5.41, 5.74) is 1.20. The smallest absolute Gasteiger partial charge is 0.308 e.